The fraction of sp³-hybridized carbons (Fsp3) is 0.391. The summed E-state index contributed by atoms with van der Waals surface area (Å²) in [5, 5.41) is 6.13. The summed E-state index contributed by atoms with van der Waals surface area (Å²) in [5.74, 6) is 0.443. The lowest BCUT2D eigenvalue weighted by molar-refractivity contribution is -0.274. The number of carbonyl (C=O) groups excluding carboxylic acids is 1. The Balaban J connectivity index is 1.59. The van der Waals surface area contributed by atoms with E-state index in [-0.39, 0.29) is 18.2 Å². The first kappa shape index (κ1) is 23.4. The molecule has 1 fully saturated rings. The zero-order valence-corrected chi connectivity index (χ0v) is 17.9. The van der Waals surface area contributed by atoms with Gasteiger partial charge in [0.2, 0.25) is 5.91 Å². The topological polar surface area (TPSA) is 66.0 Å². The predicted molar refractivity (Wildman–Crippen MR) is 116 cm³/mol. The van der Waals surface area contributed by atoms with E-state index >= 15 is 0 Å². The van der Waals surface area contributed by atoms with Gasteiger partial charge in [0.05, 0.1) is 6.54 Å². The average Bonchev–Trinajstić information content (AvgIpc) is 3.15. The van der Waals surface area contributed by atoms with Crippen LogP contribution in [0.2, 0.25) is 0 Å². The maximum absolute atomic E-state index is 12.6. The van der Waals surface area contributed by atoms with Crippen LogP contribution in [0.4, 0.5) is 13.2 Å². The Kier molecular flexibility index (Phi) is 7.97. The minimum absolute atomic E-state index is 0.126. The van der Waals surface area contributed by atoms with Gasteiger partial charge in [-0.25, -0.2) is 4.99 Å². The van der Waals surface area contributed by atoms with Gasteiger partial charge in [0.15, 0.2) is 5.96 Å². The van der Waals surface area contributed by atoms with Crippen LogP contribution in [0.15, 0.2) is 53.5 Å². The fourth-order valence-electron chi connectivity index (χ4n) is 3.41. The van der Waals surface area contributed by atoms with Gasteiger partial charge in [-0.05, 0) is 30.5 Å². The van der Waals surface area contributed by atoms with Crippen molar-refractivity contribution in [3.8, 4) is 5.75 Å². The Labute approximate surface area is 185 Å². The van der Waals surface area contributed by atoms with E-state index in [1.54, 1.807) is 12.1 Å². The number of aliphatic imine (C=N–C) groups is 1. The summed E-state index contributed by atoms with van der Waals surface area (Å²) in [6.07, 6.45) is -3.21. The second-order valence-electron chi connectivity index (χ2n) is 7.44. The van der Waals surface area contributed by atoms with Crippen molar-refractivity contribution in [1.82, 2.24) is 15.5 Å². The highest BCUT2D eigenvalue weighted by atomic mass is 19.4. The third kappa shape index (κ3) is 7.18. The largest absolute Gasteiger partial charge is 0.573 e. The Morgan fingerprint density at radius 1 is 1.09 bits per heavy atom. The maximum Gasteiger partial charge on any atom is 0.573 e. The monoisotopic (exact) mass is 448 g/mol. The van der Waals surface area contributed by atoms with Crippen LogP contribution in [-0.4, -0.2) is 36.2 Å². The van der Waals surface area contributed by atoms with Crippen molar-refractivity contribution >= 4 is 11.9 Å². The minimum atomic E-state index is -4.75. The second-order valence-corrected chi connectivity index (χ2v) is 7.44. The second kappa shape index (κ2) is 10.9. The first-order valence-corrected chi connectivity index (χ1v) is 10.6. The van der Waals surface area contributed by atoms with Crippen LogP contribution in [0.25, 0.3) is 0 Å². The highest BCUT2D eigenvalue weighted by molar-refractivity contribution is 5.79. The van der Waals surface area contributed by atoms with Gasteiger partial charge in [-0.3, -0.25) is 4.79 Å². The molecule has 0 aliphatic carbocycles. The van der Waals surface area contributed by atoms with Crippen molar-refractivity contribution in [2.75, 3.05) is 13.1 Å². The first-order chi connectivity index (χ1) is 15.3. The lowest BCUT2D eigenvalue weighted by Gasteiger charge is -2.16. The lowest BCUT2D eigenvalue weighted by Crippen LogP contribution is -2.37. The summed E-state index contributed by atoms with van der Waals surface area (Å²) < 4.78 is 41.9. The van der Waals surface area contributed by atoms with Crippen molar-refractivity contribution in [2.24, 2.45) is 4.99 Å². The molecule has 1 aliphatic heterocycles. The van der Waals surface area contributed by atoms with E-state index in [2.05, 4.69) is 20.4 Å². The van der Waals surface area contributed by atoms with Gasteiger partial charge in [-0.2, -0.15) is 0 Å². The van der Waals surface area contributed by atoms with Crippen LogP contribution >= 0.6 is 0 Å². The molecule has 0 bridgehead atoms. The summed E-state index contributed by atoms with van der Waals surface area (Å²) in [5.41, 5.74) is 2.43. The number of alkyl halides is 3. The molecule has 2 aromatic carbocycles. The summed E-state index contributed by atoms with van der Waals surface area (Å²) in [4.78, 5) is 18.1. The molecule has 0 spiro atoms. The number of likely N-dealkylation sites (tertiary alicyclic amines) is 1. The molecular weight excluding hydrogens is 421 g/mol. The number of guanidine groups is 1. The lowest BCUT2D eigenvalue weighted by atomic mass is 10.1. The number of amides is 1. The number of nitrogens with one attached hydrogen (secondary N) is 2. The van der Waals surface area contributed by atoms with Crippen LogP contribution < -0.4 is 15.4 Å². The van der Waals surface area contributed by atoms with Crippen LogP contribution in [0.3, 0.4) is 0 Å². The van der Waals surface area contributed by atoms with Gasteiger partial charge in [-0.1, -0.05) is 42.5 Å². The normalized spacial score (nSPS) is 14.6. The van der Waals surface area contributed by atoms with Crippen molar-refractivity contribution in [3.05, 3.63) is 65.2 Å². The number of ether oxygens (including phenoxy) is 1. The highest BCUT2D eigenvalue weighted by Crippen LogP contribution is 2.26. The number of hydrogen-bond donors (Lipinski definition) is 2. The molecule has 0 atom stereocenters. The smallest absolute Gasteiger partial charge is 0.405 e. The van der Waals surface area contributed by atoms with E-state index < -0.39 is 6.36 Å². The van der Waals surface area contributed by atoms with Crippen molar-refractivity contribution in [1.29, 1.82) is 0 Å². The maximum atomic E-state index is 12.6. The van der Waals surface area contributed by atoms with Crippen molar-refractivity contribution in [2.45, 2.75) is 45.8 Å². The molecule has 2 aromatic rings. The Morgan fingerprint density at radius 3 is 2.47 bits per heavy atom. The molecule has 3 rings (SSSR count). The third-order valence-electron chi connectivity index (χ3n) is 4.98. The van der Waals surface area contributed by atoms with Gasteiger partial charge in [0, 0.05) is 38.2 Å². The number of nitrogens with zero attached hydrogens (tertiary/aromatic N) is 2. The molecule has 0 unspecified atom stereocenters. The van der Waals surface area contributed by atoms with Crippen LogP contribution in [-0.2, 0) is 24.4 Å². The number of halogens is 3. The van der Waals surface area contributed by atoms with Crippen LogP contribution in [0.5, 0.6) is 5.75 Å². The molecule has 0 radical (unpaired) electrons. The first-order valence-electron chi connectivity index (χ1n) is 10.6. The molecule has 2 N–H and O–H groups in total. The summed E-state index contributed by atoms with van der Waals surface area (Å²) >= 11 is 0. The number of para-hydroxylation sites is 1. The molecular formula is C23H27F3N4O2. The van der Waals surface area contributed by atoms with Gasteiger partial charge in [0.1, 0.15) is 5.75 Å². The molecule has 9 heteroatoms. The minimum Gasteiger partial charge on any atom is -0.405 e. The molecule has 1 aliphatic rings. The highest BCUT2D eigenvalue weighted by Gasteiger charge is 2.32. The van der Waals surface area contributed by atoms with E-state index in [4.69, 9.17) is 0 Å². The number of benzene rings is 2. The fourth-order valence-corrected chi connectivity index (χ4v) is 3.41. The van der Waals surface area contributed by atoms with Gasteiger partial charge in [0.25, 0.3) is 0 Å². The third-order valence-corrected chi connectivity index (χ3v) is 4.98. The summed E-state index contributed by atoms with van der Waals surface area (Å²) in [6.45, 7) is 4.47. The number of hydrogen-bond acceptors (Lipinski definition) is 3. The SMILES string of the molecule is CCNC(=NCc1ccc(CN2CCCC2=O)cc1)NCc1ccccc1OC(F)(F)F. The van der Waals surface area contributed by atoms with E-state index in [9.17, 15) is 18.0 Å². The van der Waals surface area contributed by atoms with Crippen molar-refractivity contribution < 1.29 is 22.7 Å². The van der Waals surface area contributed by atoms with E-state index in [0.717, 1.165) is 24.1 Å². The van der Waals surface area contributed by atoms with Gasteiger partial charge in [-0.15, -0.1) is 13.2 Å². The average molecular weight is 448 g/mol. The zero-order valence-electron chi connectivity index (χ0n) is 17.9. The molecule has 1 heterocycles. The number of rotatable bonds is 8. The van der Waals surface area contributed by atoms with Crippen LogP contribution in [0.1, 0.15) is 36.5 Å². The zero-order chi connectivity index (χ0) is 23.0. The predicted octanol–water partition coefficient (Wildman–Crippen LogP) is 3.96. The molecule has 1 saturated heterocycles. The Bertz CT molecular complexity index is 930. The van der Waals surface area contributed by atoms with Crippen LogP contribution in [0, 0.1) is 0 Å². The quantitative estimate of drug-likeness (QED) is 0.474. The summed E-state index contributed by atoms with van der Waals surface area (Å²) in [6, 6.07) is 13.9. The van der Waals surface area contributed by atoms with E-state index in [1.165, 1.54) is 12.1 Å². The Morgan fingerprint density at radius 2 is 1.81 bits per heavy atom. The van der Waals surface area contributed by atoms with Gasteiger partial charge < -0.3 is 20.3 Å². The molecule has 0 aromatic heterocycles. The molecule has 0 saturated carbocycles. The molecule has 6 nitrogen and oxygen atoms in total. The standard InChI is InChI=1S/C23H27F3N4O2/c1-2-27-22(29-15-19-6-3-4-7-20(19)32-23(24,25)26)28-14-17-9-11-18(12-10-17)16-30-13-5-8-21(30)31/h3-4,6-7,9-12H,2,5,8,13-16H2,1H3,(H2,27,28,29). The molecule has 32 heavy (non-hydrogen) atoms. The Hall–Kier alpha value is -3.23. The molecule has 1 amide bonds. The van der Waals surface area contributed by atoms with Crippen molar-refractivity contribution in [3.63, 3.8) is 0 Å². The van der Waals surface area contributed by atoms with Gasteiger partial charge >= 0.3 is 6.36 Å². The van der Waals surface area contributed by atoms with E-state index in [1.807, 2.05) is 36.1 Å². The summed E-state index contributed by atoms with van der Waals surface area (Å²) in [7, 11) is 0. The molecule has 172 valence electrons. The number of carbonyl (C=O) groups is 1. The van der Waals surface area contributed by atoms with E-state index in [0.29, 0.717) is 37.6 Å².